The first-order valence-electron chi connectivity index (χ1n) is 5.95. The van der Waals surface area contributed by atoms with Gasteiger partial charge in [-0.1, -0.05) is 0 Å². The summed E-state index contributed by atoms with van der Waals surface area (Å²) in [4.78, 5) is 25.9. The van der Waals surface area contributed by atoms with Crippen LogP contribution in [0.4, 0.5) is 8.78 Å². The van der Waals surface area contributed by atoms with Crippen molar-refractivity contribution >= 4 is 11.8 Å². The van der Waals surface area contributed by atoms with Gasteiger partial charge in [-0.25, -0.2) is 9.37 Å². The smallest absolute Gasteiger partial charge is 0.254 e. The maximum absolute atomic E-state index is 13.2. The number of carbonyl (C=O) groups excluding carboxylic acids is 2. The van der Waals surface area contributed by atoms with Gasteiger partial charge in [0, 0.05) is 25.2 Å². The first-order valence-corrected chi connectivity index (χ1v) is 5.95. The summed E-state index contributed by atoms with van der Waals surface area (Å²) in [7, 11) is 0. The van der Waals surface area contributed by atoms with Gasteiger partial charge in [-0.2, -0.15) is 4.39 Å². The molecular formula is C12H13F2N3O2. The molecule has 0 spiro atoms. The molecule has 2 N–H and O–H groups in total. The molecule has 2 rings (SSSR count). The van der Waals surface area contributed by atoms with Crippen LogP contribution in [0.5, 0.6) is 0 Å². The number of pyridine rings is 1. The Balaban J connectivity index is 1.77. The zero-order chi connectivity index (χ0) is 13.8. The highest BCUT2D eigenvalue weighted by molar-refractivity contribution is 5.94. The second-order valence-corrected chi connectivity index (χ2v) is 4.28. The number of halogens is 2. The van der Waals surface area contributed by atoms with Crippen molar-refractivity contribution in [1.82, 2.24) is 15.6 Å². The summed E-state index contributed by atoms with van der Waals surface area (Å²) >= 11 is 0. The van der Waals surface area contributed by atoms with E-state index in [-0.39, 0.29) is 24.9 Å². The lowest BCUT2D eigenvalue weighted by Gasteiger charge is -2.07. The van der Waals surface area contributed by atoms with Crippen LogP contribution < -0.4 is 10.6 Å². The van der Waals surface area contributed by atoms with Crippen molar-refractivity contribution in [3.05, 3.63) is 29.6 Å². The minimum atomic E-state index is -1.31. The molecule has 0 radical (unpaired) electrons. The molecule has 1 fully saturated rings. The predicted octanol–water partition coefficient (Wildman–Crippen LogP) is 0.616. The summed E-state index contributed by atoms with van der Waals surface area (Å²) in [5.74, 6) is -3.26. The van der Waals surface area contributed by atoms with Crippen molar-refractivity contribution in [1.29, 1.82) is 0 Å². The Kier molecular flexibility index (Phi) is 4.03. The van der Waals surface area contributed by atoms with Gasteiger partial charge in [0.05, 0.1) is 5.56 Å². The van der Waals surface area contributed by atoms with Crippen LogP contribution in [0, 0.1) is 17.7 Å². The molecule has 1 heterocycles. The third-order valence-corrected chi connectivity index (χ3v) is 2.75. The minimum Gasteiger partial charge on any atom is -0.354 e. The lowest BCUT2D eigenvalue weighted by molar-refractivity contribution is -0.122. The molecule has 1 saturated carbocycles. The van der Waals surface area contributed by atoms with E-state index in [0.29, 0.717) is 0 Å². The van der Waals surface area contributed by atoms with Crippen molar-refractivity contribution in [2.45, 2.75) is 12.8 Å². The Labute approximate surface area is 108 Å². The van der Waals surface area contributed by atoms with Gasteiger partial charge in [-0.05, 0) is 18.9 Å². The van der Waals surface area contributed by atoms with E-state index >= 15 is 0 Å². The molecule has 0 aliphatic heterocycles. The molecule has 0 saturated heterocycles. The molecule has 19 heavy (non-hydrogen) atoms. The molecule has 0 atom stereocenters. The minimum absolute atomic E-state index is 0.0321. The number of rotatable bonds is 5. The van der Waals surface area contributed by atoms with E-state index in [2.05, 4.69) is 15.6 Å². The van der Waals surface area contributed by atoms with Gasteiger partial charge in [0.2, 0.25) is 11.9 Å². The average Bonchev–Trinajstić information content (AvgIpc) is 3.21. The summed E-state index contributed by atoms with van der Waals surface area (Å²) in [6.45, 7) is 0.414. The summed E-state index contributed by atoms with van der Waals surface area (Å²) in [5.41, 5.74) is -0.402. The van der Waals surface area contributed by atoms with E-state index in [4.69, 9.17) is 0 Å². The molecule has 0 bridgehead atoms. The van der Waals surface area contributed by atoms with E-state index in [9.17, 15) is 18.4 Å². The Bertz CT molecular complexity index is 504. The number of aromatic nitrogens is 1. The van der Waals surface area contributed by atoms with Crippen molar-refractivity contribution in [2.24, 2.45) is 5.92 Å². The van der Waals surface area contributed by atoms with Gasteiger partial charge >= 0.3 is 0 Å². The van der Waals surface area contributed by atoms with Crippen LogP contribution in [0.3, 0.4) is 0 Å². The highest BCUT2D eigenvalue weighted by atomic mass is 19.2. The number of nitrogens with one attached hydrogen (secondary N) is 2. The number of hydrogen-bond donors (Lipinski definition) is 2. The van der Waals surface area contributed by atoms with Gasteiger partial charge in [-0.3, -0.25) is 9.59 Å². The van der Waals surface area contributed by atoms with Crippen LogP contribution >= 0.6 is 0 Å². The van der Waals surface area contributed by atoms with Gasteiger partial charge in [-0.15, -0.1) is 0 Å². The Morgan fingerprint density at radius 2 is 1.95 bits per heavy atom. The second-order valence-electron chi connectivity index (χ2n) is 4.28. The van der Waals surface area contributed by atoms with Crippen molar-refractivity contribution < 1.29 is 18.4 Å². The van der Waals surface area contributed by atoms with Crippen LogP contribution in [0.2, 0.25) is 0 Å². The van der Waals surface area contributed by atoms with E-state index in [1.807, 2.05) is 0 Å². The number of carbonyl (C=O) groups is 2. The summed E-state index contributed by atoms with van der Waals surface area (Å²) in [6, 6.07) is 1.09. The van der Waals surface area contributed by atoms with Crippen LogP contribution in [0.1, 0.15) is 23.2 Å². The standard InChI is InChI=1S/C12H13F2N3O2/c13-9-8(3-4-15-10(9)14)12(19)17-6-5-16-11(18)7-1-2-7/h3-4,7H,1-2,5-6H2,(H,16,18)(H,17,19). The van der Waals surface area contributed by atoms with E-state index in [0.717, 1.165) is 25.1 Å². The summed E-state index contributed by atoms with van der Waals surface area (Å²) in [5, 5.41) is 5.04. The quantitative estimate of drug-likeness (QED) is 0.608. The second kappa shape index (κ2) is 5.73. The van der Waals surface area contributed by atoms with E-state index < -0.39 is 23.2 Å². The predicted molar refractivity (Wildman–Crippen MR) is 62.2 cm³/mol. The number of hydrogen-bond acceptors (Lipinski definition) is 3. The third kappa shape index (κ3) is 3.46. The number of nitrogens with zero attached hydrogens (tertiary/aromatic N) is 1. The third-order valence-electron chi connectivity index (χ3n) is 2.75. The van der Waals surface area contributed by atoms with E-state index in [1.54, 1.807) is 0 Å². The fourth-order valence-electron chi connectivity index (χ4n) is 1.54. The SMILES string of the molecule is O=C(NCCNC(=O)C1CC1)c1ccnc(F)c1F. The molecule has 5 nitrogen and oxygen atoms in total. The lowest BCUT2D eigenvalue weighted by Crippen LogP contribution is -2.35. The molecule has 0 unspecified atom stereocenters. The van der Waals surface area contributed by atoms with Crippen LogP contribution in [0.15, 0.2) is 12.3 Å². The monoisotopic (exact) mass is 269 g/mol. The number of amides is 2. The fourth-order valence-corrected chi connectivity index (χ4v) is 1.54. The topological polar surface area (TPSA) is 71.1 Å². The maximum atomic E-state index is 13.2. The van der Waals surface area contributed by atoms with Crippen molar-refractivity contribution in [3.63, 3.8) is 0 Å². The molecular weight excluding hydrogens is 256 g/mol. The van der Waals surface area contributed by atoms with Crippen LogP contribution in [-0.4, -0.2) is 29.9 Å². The summed E-state index contributed by atoms with van der Waals surface area (Å²) in [6.07, 6.45) is 2.82. The molecule has 1 aliphatic carbocycles. The Hall–Kier alpha value is -2.05. The zero-order valence-electron chi connectivity index (χ0n) is 10.1. The molecule has 1 aromatic heterocycles. The molecule has 7 heteroatoms. The van der Waals surface area contributed by atoms with Crippen LogP contribution in [0.25, 0.3) is 0 Å². The van der Waals surface area contributed by atoms with Crippen LogP contribution in [-0.2, 0) is 4.79 Å². The molecule has 1 aromatic rings. The first kappa shape index (κ1) is 13.4. The van der Waals surface area contributed by atoms with Crippen molar-refractivity contribution in [2.75, 3.05) is 13.1 Å². The van der Waals surface area contributed by atoms with Gasteiger partial charge < -0.3 is 10.6 Å². The Morgan fingerprint density at radius 3 is 2.63 bits per heavy atom. The van der Waals surface area contributed by atoms with Gasteiger partial charge in [0.25, 0.3) is 5.91 Å². The van der Waals surface area contributed by atoms with Crippen molar-refractivity contribution in [3.8, 4) is 0 Å². The summed E-state index contributed by atoms with van der Waals surface area (Å²) < 4.78 is 26.0. The first-order chi connectivity index (χ1) is 9.09. The largest absolute Gasteiger partial charge is 0.354 e. The molecule has 1 aliphatic rings. The van der Waals surface area contributed by atoms with Gasteiger partial charge in [0.15, 0.2) is 5.82 Å². The highest BCUT2D eigenvalue weighted by Crippen LogP contribution is 2.28. The molecule has 102 valence electrons. The lowest BCUT2D eigenvalue weighted by atomic mass is 10.2. The zero-order valence-corrected chi connectivity index (χ0v) is 10.1. The molecule has 2 amide bonds. The normalized spacial score (nSPS) is 14.0. The van der Waals surface area contributed by atoms with E-state index in [1.165, 1.54) is 0 Å². The highest BCUT2D eigenvalue weighted by Gasteiger charge is 2.29. The maximum Gasteiger partial charge on any atom is 0.254 e. The fraction of sp³-hybridized carbons (Fsp3) is 0.417. The average molecular weight is 269 g/mol. The molecule has 0 aromatic carbocycles. The Morgan fingerprint density at radius 1 is 1.26 bits per heavy atom. The van der Waals surface area contributed by atoms with Gasteiger partial charge in [0.1, 0.15) is 0 Å².